The molecule has 29 heavy (non-hydrogen) atoms. The van der Waals surface area contributed by atoms with Gasteiger partial charge in [-0.1, -0.05) is 23.7 Å². The average Bonchev–Trinajstić information content (AvgIpc) is 3.07. The first-order valence-corrected chi connectivity index (χ1v) is 12.5. The van der Waals surface area contributed by atoms with Crippen molar-refractivity contribution >= 4 is 37.2 Å². The third kappa shape index (κ3) is 4.91. The van der Waals surface area contributed by atoms with Gasteiger partial charge in [-0.15, -0.1) is 0 Å². The van der Waals surface area contributed by atoms with Crippen molar-refractivity contribution in [3.8, 4) is 5.75 Å². The van der Waals surface area contributed by atoms with E-state index in [2.05, 4.69) is 5.32 Å². The minimum Gasteiger partial charge on any atom is -0.497 e. The van der Waals surface area contributed by atoms with E-state index in [9.17, 15) is 21.6 Å². The van der Waals surface area contributed by atoms with Crippen LogP contribution in [0.2, 0.25) is 5.02 Å². The minimum atomic E-state index is -3.89. The summed E-state index contributed by atoms with van der Waals surface area (Å²) >= 11 is 6.10. The summed E-state index contributed by atoms with van der Waals surface area (Å²) in [7, 11) is -5.69. The highest BCUT2D eigenvalue weighted by Crippen LogP contribution is 2.28. The third-order valence-corrected chi connectivity index (χ3v) is 9.25. The van der Waals surface area contributed by atoms with Crippen LogP contribution in [0.5, 0.6) is 5.75 Å². The fourth-order valence-corrected chi connectivity index (χ4v) is 7.66. The van der Waals surface area contributed by atoms with E-state index in [4.69, 9.17) is 16.3 Å². The largest absolute Gasteiger partial charge is 0.497 e. The van der Waals surface area contributed by atoms with Gasteiger partial charge in [-0.3, -0.25) is 4.79 Å². The first-order valence-electron chi connectivity index (χ1n) is 8.77. The first-order chi connectivity index (χ1) is 13.6. The molecule has 0 bridgehead atoms. The van der Waals surface area contributed by atoms with Gasteiger partial charge < -0.3 is 10.1 Å². The molecule has 0 spiro atoms. The predicted molar refractivity (Wildman–Crippen MR) is 110 cm³/mol. The second-order valence-corrected chi connectivity index (χ2v) is 11.6. The van der Waals surface area contributed by atoms with Crippen LogP contribution in [-0.4, -0.2) is 46.6 Å². The van der Waals surface area contributed by atoms with Crippen molar-refractivity contribution < 1.29 is 26.4 Å². The van der Waals surface area contributed by atoms with Crippen molar-refractivity contribution in [1.29, 1.82) is 0 Å². The predicted octanol–water partition coefficient (Wildman–Crippen LogP) is 2.24. The molecule has 3 rings (SSSR count). The van der Waals surface area contributed by atoms with Crippen LogP contribution in [0.4, 0.5) is 0 Å². The summed E-state index contributed by atoms with van der Waals surface area (Å²) < 4.78 is 54.0. The normalized spacial score (nSPS) is 18.3. The fraction of sp³-hybridized carbons (Fsp3) is 0.316. The lowest BCUT2D eigenvalue weighted by atomic mass is 10.2. The fourth-order valence-electron chi connectivity index (χ4n) is 3.07. The van der Waals surface area contributed by atoms with Crippen LogP contribution in [0.3, 0.4) is 0 Å². The molecule has 1 saturated heterocycles. The van der Waals surface area contributed by atoms with E-state index in [1.807, 2.05) is 0 Å². The van der Waals surface area contributed by atoms with Crippen LogP contribution in [-0.2, 0) is 26.2 Å². The number of carbonyl (C=O) groups is 1. The van der Waals surface area contributed by atoms with Gasteiger partial charge in [0, 0.05) is 6.54 Å². The molecular weight excluding hydrogens is 438 g/mol. The topological polar surface area (TPSA) is 107 Å². The van der Waals surface area contributed by atoms with E-state index in [-0.39, 0.29) is 34.2 Å². The Hall–Kier alpha value is -2.10. The average molecular weight is 458 g/mol. The van der Waals surface area contributed by atoms with Gasteiger partial charge in [0.25, 0.3) is 5.91 Å². The van der Waals surface area contributed by atoms with Crippen molar-refractivity contribution in [2.24, 2.45) is 0 Å². The molecule has 1 amide bonds. The molecule has 1 atom stereocenters. The maximum Gasteiger partial charge on any atom is 0.253 e. The molecular formula is C19H20ClNO6S2. The van der Waals surface area contributed by atoms with Crippen molar-refractivity contribution in [2.75, 3.05) is 18.6 Å². The quantitative estimate of drug-likeness (QED) is 0.712. The van der Waals surface area contributed by atoms with Crippen LogP contribution >= 0.6 is 11.6 Å². The van der Waals surface area contributed by atoms with Crippen molar-refractivity contribution in [1.82, 2.24) is 5.32 Å². The van der Waals surface area contributed by atoms with Gasteiger partial charge in [-0.25, -0.2) is 16.8 Å². The smallest absolute Gasteiger partial charge is 0.253 e. The van der Waals surface area contributed by atoms with Crippen LogP contribution in [0.15, 0.2) is 47.4 Å². The molecule has 1 fully saturated rings. The van der Waals surface area contributed by atoms with Gasteiger partial charge >= 0.3 is 0 Å². The number of rotatable bonds is 6. The van der Waals surface area contributed by atoms with E-state index < -0.39 is 36.6 Å². The lowest BCUT2D eigenvalue weighted by Crippen LogP contribution is -2.25. The van der Waals surface area contributed by atoms with Crippen LogP contribution in [0.1, 0.15) is 22.3 Å². The molecule has 0 aliphatic carbocycles. The Morgan fingerprint density at radius 1 is 1.21 bits per heavy atom. The molecule has 2 aromatic carbocycles. The molecule has 1 aliphatic rings. The van der Waals surface area contributed by atoms with E-state index in [0.717, 1.165) is 5.56 Å². The number of sulfone groups is 2. The van der Waals surface area contributed by atoms with Gasteiger partial charge in [0.2, 0.25) is 0 Å². The zero-order valence-corrected chi connectivity index (χ0v) is 18.0. The van der Waals surface area contributed by atoms with E-state index in [0.29, 0.717) is 5.75 Å². The second kappa shape index (κ2) is 8.33. The molecule has 0 saturated carbocycles. The number of benzene rings is 2. The Morgan fingerprint density at radius 2 is 1.90 bits per heavy atom. The van der Waals surface area contributed by atoms with Gasteiger partial charge in [-0.2, -0.15) is 0 Å². The summed E-state index contributed by atoms with van der Waals surface area (Å²) in [6.45, 7) is 0.219. The molecule has 0 radical (unpaired) electrons. The number of nitrogens with one attached hydrogen (secondary N) is 1. The number of carbonyl (C=O) groups excluding carboxylic acids is 1. The van der Waals surface area contributed by atoms with E-state index in [1.54, 1.807) is 31.4 Å². The molecule has 7 nitrogen and oxygen atoms in total. The highest BCUT2D eigenvalue weighted by Gasteiger charge is 2.38. The second-order valence-electron chi connectivity index (χ2n) is 6.74. The van der Waals surface area contributed by atoms with Gasteiger partial charge in [0.05, 0.1) is 39.3 Å². The summed E-state index contributed by atoms with van der Waals surface area (Å²) in [5.74, 6) is -0.395. The SMILES string of the molecule is COc1ccc(CNC(=O)c2cc(S(=O)(=O)C3CCS(=O)(=O)C3)ccc2Cl)cc1. The Kier molecular flexibility index (Phi) is 6.21. The Balaban J connectivity index is 1.78. The third-order valence-electron chi connectivity index (χ3n) is 4.75. The number of halogens is 1. The standard InChI is InChI=1S/C19H20ClNO6S2/c1-27-14-4-2-13(3-5-14)11-21-19(22)17-10-15(6-7-18(17)20)29(25,26)16-8-9-28(23,24)12-16/h2-7,10,16H,8-9,11-12H2,1H3,(H,21,22). The van der Waals surface area contributed by atoms with Crippen molar-refractivity contribution in [3.63, 3.8) is 0 Å². The van der Waals surface area contributed by atoms with Crippen LogP contribution < -0.4 is 10.1 Å². The number of hydrogen-bond acceptors (Lipinski definition) is 6. The van der Waals surface area contributed by atoms with E-state index >= 15 is 0 Å². The van der Waals surface area contributed by atoms with Gasteiger partial charge in [0.1, 0.15) is 5.75 Å². The Bertz CT molecular complexity index is 1130. The summed E-state index contributed by atoms with van der Waals surface area (Å²) in [5, 5.41) is 1.80. The molecule has 0 aromatic heterocycles. The zero-order chi connectivity index (χ0) is 21.2. The van der Waals surface area contributed by atoms with Gasteiger partial charge in [-0.05, 0) is 42.3 Å². The first kappa shape index (κ1) is 21.6. The summed E-state index contributed by atoms with van der Waals surface area (Å²) in [6.07, 6.45) is 0.0479. The number of amides is 1. The summed E-state index contributed by atoms with van der Waals surface area (Å²) in [6, 6.07) is 10.9. The van der Waals surface area contributed by atoms with Gasteiger partial charge in [0.15, 0.2) is 19.7 Å². The monoisotopic (exact) mass is 457 g/mol. The van der Waals surface area contributed by atoms with Crippen molar-refractivity contribution in [2.45, 2.75) is 23.1 Å². The number of methoxy groups -OCH3 is 1. The number of hydrogen-bond donors (Lipinski definition) is 1. The van der Waals surface area contributed by atoms with Crippen LogP contribution in [0, 0.1) is 0 Å². The maximum absolute atomic E-state index is 12.8. The molecule has 2 aromatic rings. The zero-order valence-electron chi connectivity index (χ0n) is 15.6. The van der Waals surface area contributed by atoms with Crippen molar-refractivity contribution in [3.05, 3.63) is 58.6 Å². The molecule has 1 aliphatic heterocycles. The lowest BCUT2D eigenvalue weighted by molar-refractivity contribution is 0.0951. The Morgan fingerprint density at radius 3 is 2.48 bits per heavy atom. The van der Waals surface area contributed by atoms with E-state index in [1.165, 1.54) is 18.2 Å². The minimum absolute atomic E-state index is 0.0158. The Labute approximate surface area is 174 Å². The highest BCUT2D eigenvalue weighted by molar-refractivity contribution is 7.96. The lowest BCUT2D eigenvalue weighted by Gasteiger charge is -2.13. The molecule has 1 heterocycles. The maximum atomic E-state index is 12.8. The molecule has 1 N–H and O–H groups in total. The molecule has 1 unspecified atom stereocenters. The summed E-state index contributed by atoms with van der Waals surface area (Å²) in [4.78, 5) is 12.4. The van der Waals surface area contributed by atoms with Crippen LogP contribution in [0.25, 0.3) is 0 Å². The molecule has 10 heteroatoms. The summed E-state index contributed by atoms with van der Waals surface area (Å²) in [5.41, 5.74) is 0.845. The number of ether oxygens (including phenoxy) is 1. The molecule has 156 valence electrons. The highest BCUT2D eigenvalue weighted by atomic mass is 35.5.